The third kappa shape index (κ3) is 4.33. The molecule has 0 amide bonds. The molecule has 0 bridgehead atoms. The number of para-hydroxylation sites is 1. The molecular weight excluding hydrogens is 344 g/mol. The van der Waals surface area contributed by atoms with E-state index in [-0.39, 0.29) is 0 Å². The number of hydrogen-bond acceptors (Lipinski definition) is 4. The fraction of sp³-hybridized carbons (Fsp3) is 0.238. The molecule has 3 aromatic rings. The Kier molecular flexibility index (Phi) is 5.74. The highest BCUT2D eigenvalue weighted by atomic mass is 35.5. The van der Waals surface area contributed by atoms with Gasteiger partial charge in [-0.1, -0.05) is 55.3 Å². The van der Waals surface area contributed by atoms with Crippen LogP contribution in [0.25, 0.3) is 0 Å². The van der Waals surface area contributed by atoms with Crippen LogP contribution in [0.2, 0.25) is 5.02 Å². The van der Waals surface area contributed by atoms with Crippen molar-refractivity contribution in [3.05, 3.63) is 70.4 Å². The number of halogens is 1. The van der Waals surface area contributed by atoms with Crippen molar-refractivity contribution in [2.75, 3.05) is 10.6 Å². The van der Waals surface area contributed by atoms with Crippen molar-refractivity contribution < 1.29 is 0 Å². The molecular formula is C21H23ClN4. The van der Waals surface area contributed by atoms with E-state index in [2.05, 4.69) is 52.6 Å². The van der Waals surface area contributed by atoms with E-state index < -0.39 is 0 Å². The van der Waals surface area contributed by atoms with Gasteiger partial charge in [-0.05, 0) is 49.1 Å². The molecule has 0 atom stereocenters. The number of aromatic nitrogens is 2. The molecule has 0 saturated carbocycles. The number of anilines is 4. The van der Waals surface area contributed by atoms with Crippen LogP contribution in [-0.2, 0) is 6.42 Å². The van der Waals surface area contributed by atoms with Gasteiger partial charge in [-0.25, -0.2) is 4.98 Å². The maximum atomic E-state index is 6.28. The van der Waals surface area contributed by atoms with E-state index in [4.69, 9.17) is 11.6 Å². The maximum Gasteiger partial charge on any atom is 0.229 e. The lowest BCUT2D eigenvalue weighted by molar-refractivity contribution is 0.921. The second kappa shape index (κ2) is 8.19. The zero-order valence-electron chi connectivity index (χ0n) is 15.3. The molecule has 134 valence electrons. The van der Waals surface area contributed by atoms with Crippen LogP contribution in [0.3, 0.4) is 0 Å². The summed E-state index contributed by atoms with van der Waals surface area (Å²) in [6.45, 7) is 6.29. The summed E-state index contributed by atoms with van der Waals surface area (Å²) >= 11 is 6.28. The van der Waals surface area contributed by atoms with E-state index in [1.165, 1.54) is 5.56 Å². The molecule has 1 heterocycles. The number of hydrogen-bond donors (Lipinski definition) is 2. The fourth-order valence-electron chi connectivity index (χ4n) is 2.72. The van der Waals surface area contributed by atoms with Gasteiger partial charge in [0.05, 0.1) is 6.20 Å². The summed E-state index contributed by atoms with van der Waals surface area (Å²) in [5, 5.41) is 7.09. The van der Waals surface area contributed by atoms with Crippen molar-refractivity contribution in [3.63, 3.8) is 0 Å². The summed E-state index contributed by atoms with van der Waals surface area (Å²) in [4.78, 5) is 8.88. The molecule has 0 radical (unpaired) electrons. The first-order valence-electron chi connectivity index (χ1n) is 8.78. The summed E-state index contributed by atoms with van der Waals surface area (Å²) in [5.74, 6) is 1.10. The molecule has 0 fully saturated rings. The summed E-state index contributed by atoms with van der Waals surface area (Å²) in [7, 11) is 0. The van der Waals surface area contributed by atoms with Gasteiger partial charge in [0, 0.05) is 11.4 Å². The molecule has 0 aliphatic rings. The molecule has 0 aliphatic heterocycles. The average Bonchev–Trinajstić information content (AvgIpc) is 2.63. The smallest absolute Gasteiger partial charge is 0.229 e. The van der Waals surface area contributed by atoms with Gasteiger partial charge < -0.3 is 10.6 Å². The highest BCUT2D eigenvalue weighted by Crippen LogP contribution is 2.27. The van der Waals surface area contributed by atoms with Crippen molar-refractivity contribution in [1.29, 1.82) is 0 Å². The van der Waals surface area contributed by atoms with Crippen LogP contribution in [0.5, 0.6) is 0 Å². The van der Waals surface area contributed by atoms with Crippen LogP contribution in [0.4, 0.5) is 23.1 Å². The minimum Gasteiger partial charge on any atom is -0.339 e. The summed E-state index contributed by atoms with van der Waals surface area (Å²) < 4.78 is 0. The Morgan fingerprint density at radius 3 is 2.50 bits per heavy atom. The standard InChI is InChI=1S/C21H23ClN4/c1-4-7-16-11-10-15(3)19(12-16)25-21-23-13-17(22)20(26-21)24-18-9-6-5-8-14(18)2/h5-6,8-13H,4,7H2,1-3H3,(H2,23,24,25,26). The minimum absolute atomic E-state index is 0.482. The second-order valence-corrected chi connectivity index (χ2v) is 6.76. The number of benzene rings is 2. The van der Waals surface area contributed by atoms with Gasteiger partial charge >= 0.3 is 0 Å². The average molecular weight is 367 g/mol. The Morgan fingerprint density at radius 1 is 0.962 bits per heavy atom. The zero-order chi connectivity index (χ0) is 18.5. The van der Waals surface area contributed by atoms with Gasteiger partial charge in [0.2, 0.25) is 5.95 Å². The third-order valence-corrected chi connectivity index (χ3v) is 4.51. The van der Waals surface area contributed by atoms with Gasteiger partial charge in [0.15, 0.2) is 5.82 Å². The first-order chi connectivity index (χ1) is 12.6. The predicted octanol–water partition coefficient (Wildman–Crippen LogP) is 6.19. The predicted molar refractivity (Wildman–Crippen MR) is 110 cm³/mol. The second-order valence-electron chi connectivity index (χ2n) is 6.35. The Labute approximate surface area is 159 Å². The SMILES string of the molecule is CCCc1ccc(C)c(Nc2ncc(Cl)c(Nc3ccccc3C)n2)c1. The fourth-order valence-corrected chi connectivity index (χ4v) is 2.86. The highest BCUT2D eigenvalue weighted by Gasteiger charge is 2.09. The lowest BCUT2D eigenvalue weighted by Gasteiger charge is -2.13. The normalized spacial score (nSPS) is 10.6. The summed E-state index contributed by atoms with van der Waals surface area (Å²) in [5.41, 5.74) is 5.56. The van der Waals surface area contributed by atoms with Crippen LogP contribution in [0, 0.1) is 13.8 Å². The quantitative estimate of drug-likeness (QED) is 0.546. The van der Waals surface area contributed by atoms with E-state index in [0.717, 1.165) is 35.3 Å². The van der Waals surface area contributed by atoms with E-state index in [1.807, 2.05) is 31.2 Å². The molecule has 0 unspecified atom stereocenters. The third-order valence-electron chi connectivity index (χ3n) is 4.23. The van der Waals surface area contributed by atoms with Crippen LogP contribution in [-0.4, -0.2) is 9.97 Å². The topological polar surface area (TPSA) is 49.8 Å². The molecule has 4 nitrogen and oxygen atoms in total. The highest BCUT2D eigenvalue weighted by molar-refractivity contribution is 6.32. The van der Waals surface area contributed by atoms with Crippen molar-refractivity contribution in [2.24, 2.45) is 0 Å². The van der Waals surface area contributed by atoms with Crippen molar-refractivity contribution in [1.82, 2.24) is 9.97 Å². The molecule has 0 spiro atoms. The summed E-state index contributed by atoms with van der Waals surface area (Å²) in [6, 6.07) is 14.5. The van der Waals surface area contributed by atoms with E-state index in [9.17, 15) is 0 Å². The van der Waals surface area contributed by atoms with Gasteiger partial charge in [-0.15, -0.1) is 0 Å². The van der Waals surface area contributed by atoms with Crippen LogP contribution >= 0.6 is 11.6 Å². The number of rotatable bonds is 6. The molecule has 26 heavy (non-hydrogen) atoms. The first kappa shape index (κ1) is 18.2. The minimum atomic E-state index is 0.482. The van der Waals surface area contributed by atoms with Crippen molar-refractivity contribution in [3.8, 4) is 0 Å². The Bertz CT molecular complexity index is 908. The van der Waals surface area contributed by atoms with Crippen LogP contribution in [0.15, 0.2) is 48.7 Å². The van der Waals surface area contributed by atoms with Crippen LogP contribution < -0.4 is 10.6 Å². The Morgan fingerprint density at radius 2 is 1.73 bits per heavy atom. The molecule has 0 saturated heterocycles. The number of nitrogens with one attached hydrogen (secondary N) is 2. The van der Waals surface area contributed by atoms with Crippen molar-refractivity contribution in [2.45, 2.75) is 33.6 Å². The number of aryl methyl sites for hydroxylation is 3. The first-order valence-corrected chi connectivity index (χ1v) is 9.16. The van der Waals surface area contributed by atoms with E-state index in [0.29, 0.717) is 16.8 Å². The van der Waals surface area contributed by atoms with Gasteiger partial charge in [0.1, 0.15) is 5.02 Å². The zero-order valence-corrected chi connectivity index (χ0v) is 16.1. The molecule has 5 heteroatoms. The summed E-state index contributed by atoms with van der Waals surface area (Å²) in [6.07, 6.45) is 3.78. The molecule has 2 N–H and O–H groups in total. The maximum absolute atomic E-state index is 6.28. The monoisotopic (exact) mass is 366 g/mol. The lowest BCUT2D eigenvalue weighted by Crippen LogP contribution is -2.03. The Hall–Kier alpha value is -2.59. The molecule has 0 aliphatic carbocycles. The van der Waals surface area contributed by atoms with Gasteiger partial charge in [-0.2, -0.15) is 4.98 Å². The van der Waals surface area contributed by atoms with Crippen LogP contribution in [0.1, 0.15) is 30.0 Å². The molecule has 2 aromatic carbocycles. The van der Waals surface area contributed by atoms with E-state index >= 15 is 0 Å². The lowest BCUT2D eigenvalue weighted by atomic mass is 10.1. The van der Waals surface area contributed by atoms with E-state index in [1.54, 1.807) is 6.20 Å². The largest absolute Gasteiger partial charge is 0.339 e. The Balaban J connectivity index is 1.86. The van der Waals surface area contributed by atoms with Gasteiger partial charge in [-0.3, -0.25) is 0 Å². The number of nitrogens with zero attached hydrogens (tertiary/aromatic N) is 2. The van der Waals surface area contributed by atoms with Gasteiger partial charge in [0.25, 0.3) is 0 Å². The molecule has 3 rings (SSSR count). The van der Waals surface area contributed by atoms with Crippen molar-refractivity contribution >= 4 is 34.7 Å². The molecule has 1 aromatic heterocycles.